The third kappa shape index (κ3) is 3.31. The number of rotatable bonds is 5. The maximum Gasteiger partial charge on any atom is 0.184 e. The molecule has 17 heavy (non-hydrogen) atoms. The van der Waals surface area contributed by atoms with Crippen molar-refractivity contribution >= 4 is 38.3 Å². The Kier molecular flexibility index (Phi) is 4.20. The van der Waals surface area contributed by atoms with Gasteiger partial charge in [0, 0.05) is 24.8 Å². The third-order valence-corrected chi connectivity index (χ3v) is 3.66. The number of methoxy groups -OCH3 is 1. The summed E-state index contributed by atoms with van der Waals surface area (Å²) >= 11 is 7.57. The van der Waals surface area contributed by atoms with Crippen molar-refractivity contribution < 1.29 is 4.74 Å². The zero-order valence-corrected chi connectivity index (χ0v) is 11.4. The standard InChI is InChI=1S/C12H15ClN2OS/c1-8(5-6-16-2)14-12-15-10-4-3-9(13)7-11(10)17-12/h3-4,7-8H,5-6H2,1-2H3,(H,14,15). The van der Waals surface area contributed by atoms with Gasteiger partial charge < -0.3 is 10.1 Å². The van der Waals surface area contributed by atoms with Crippen LogP contribution in [0.25, 0.3) is 10.2 Å². The van der Waals surface area contributed by atoms with Crippen LogP contribution in [0.2, 0.25) is 5.02 Å². The van der Waals surface area contributed by atoms with Gasteiger partial charge in [-0.1, -0.05) is 22.9 Å². The van der Waals surface area contributed by atoms with Crippen molar-refractivity contribution in [2.45, 2.75) is 19.4 Å². The Bertz CT molecular complexity index is 500. The Morgan fingerprint density at radius 2 is 2.35 bits per heavy atom. The summed E-state index contributed by atoms with van der Waals surface area (Å²) in [6, 6.07) is 6.10. The van der Waals surface area contributed by atoms with Crippen LogP contribution in [0, 0.1) is 0 Å². The quantitative estimate of drug-likeness (QED) is 0.898. The fourth-order valence-electron chi connectivity index (χ4n) is 1.54. The van der Waals surface area contributed by atoms with Crippen molar-refractivity contribution in [3.05, 3.63) is 23.2 Å². The molecule has 0 spiro atoms. The van der Waals surface area contributed by atoms with E-state index in [1.807, 2.05) is 18.2 Å². The smallest absolute Gasteiger partial charge is 0.184 e. The highest BCUT2D eigenvalue weighted by Crippen LogP contribution is 2.28. The van der Waals surface area contributed by atoms with Crippen LogP contribution in [0.5, 0.6) is 0 Å². The van der Waals surface area contributed by atoms with Crippen LogP contribution in [0.1, 0.15) is 13.3 Å². The number of hydrogen-bond donors (Lipinski definition) is 1. The maximum atomic E-state index is 5.94. The molecule has 0 saturated heterocycles. The summed E-state index contributed by atoms with van der Waals surface area (Å²) in [5.74, 6) is 0. The predicted octanol–water partition coefficient (Wildman–Crippen LogP) is 3.79. The van der Waals surface area contributed by atoms with Gasteiger partial charge in [-0.2, -0.15) is 0 Å². The van der Waals surface area contributed by atoms with Crippen molar-refractivity contribution in [1.82, 2.24) is 4.98 Å². The number of thiazole rings is 1. The fraction of sp³-hybridized carbons (Fsp3) is 0.417. The lowest BCUT2D eigenvalue weighted by Crippen LogP contribution is -2.16. The van der Waals surface area contributed by atoms with E-state index in [-0.39, 0.29) is 0 Å². The van der Waals surface area contributed by atoms with E-state index in [0.717, 1.165) is 33.4 Å². The molecule has 2 aromatic rings. The van der Waals surface area contributed by atoms with Gasteiger partial charge in [0.2, 0.25) is 0 Å². The first-order valence-corrected chi connectivity index (χ1v) is 6.70. The number of nitrogens with one attached hydrogen (secondary N) is 1. The molecule has 0 saturated carbocycles. The predicted molar refractivity (Wildman–Crippen MR) is 74.2 cm³/mol. The first-order chi connectivity index (χ1) is 8.19. The van der Waals surface area contributed by atoms with Gasteiger partial charge in [0.25, 0.3) is 0 Å². The molecule has 5 heteroatoms. The highest BCUT2D eigenvalue weighted by atomic mass is 35.5. The van der Waals surface area contributed by atoms with E-state index in [2.05, 4.69) is 17.2 Å². The van der Waals surface area contributed by atoms with E-state index < -0.39 is 0 Å². The first kappa shape index (κ1) is 12.6. The Hall–Kier alpha value is -0.840. The maximum absolute atomic E-state index is 5.94. The summed E-state index contributed by atoms with van der Waals surface area (Å²) in [5, 5.41) is 5.06. The number of ether oxygens (including phenoxy) is 1. The van der Waals surface area contributed by atoms with Gasteiger partial charge in [0.05, 0.1) is 10.2 Å². The van der Waals surface area contributed by atoms with Crippen molar-refractivity contribution in [3.8, 4) is 0 Å². The summed E-state index contributed by atoms with van der Waals surface area (Å²) in [6.45, 7) is 2.88. The molecule has 0 fully saturated rings. The highest BCUT2D eigenvalue weighted by Gasteiger charge is 2.07. The first-order valence-electron chi connectivity index (χ1n) is 5.50. The largest absolute Gasteiger partial charge is 0.385 e. The third-order valence-electron chi connectivity index (χ3n) is 2.48. The molecule has 0 aliphatic rings. The number of fused-ring (bicyclic) bond motifs is 1. The molecular formula is C12H15ClN2OS. The molecule has 92 valence electrons. The van der Waals surface area contributed by atoms with Crippen molar-refractivity contribution in [2.24, 2.45) is 0 Å². The van der Waals surface area contributed by atoms with E-state index in [0.29, 0.717) is 6.04 Å². The van der Waals surface area contributed by atoms with Gasteiger partial charge >= 0.3 is 0 Å². The summed E-state index contributed by atoms with van der Waals surface area (Å²) in [5.41, 5.74) is 0.987. The van der Waals surface area contributed by atoms with Crippen LogP contribution < -0.4 is 5.32 Å². The number of aromatic nitrogens is 1. The van der Waals surface area contributed by atoms with Crippen LogP contribution in [0.4, 0.5) is 5.13 Å². The van der Waals surface area contributed by atoms with Crippen molar-refractivity contribution in [2.75, 3.05) is 19.0 Å². The molecule has 0 bridgehead atoms. The summed E-state index contributed by atoms with van der Waals surface area (Å²) in [4.78, 5) is 4.51. The zero-order valence-electron chi connectivity index (χ0n) is 9.87. The second-order valence-electron chi connectivity index (χ2n) is 3.96. The number of nitrogens with zero attached hydrogens (tertiary/aromatic N) is 1. The number of benzene rings is 1. The van der Waals surface area contributed by atoms with Crippen LogP contribution in [0.3, 0.4) is 0 Å². The van der Waals surface area contributed by atoms with Crippen LogP contribution in [-0.4, -0.2) is 24.7 Å². The Morgan fingerprint density at radius 1 is 1.53 bits per heavy atom. The number of halogens is 1. The topological polar surface area (TPSA) is 34.1 Å². The molecule has 1 aromatic heterocycles. The second-order valence-corrected chi connectivity index (χ2v) is 5.43. The monoisotopic (exact) mass is 270 g/mol. The molecule has 1 heterocycles. The molecule has 1 unspecified atom stereocenters. The van der Waals surface area contributed by atoms with Gasteiger partial charge in [-0.25, -0.2) is 4.98 Å². The van der Waals surface area contributed by atoms with E-state index in [1.165, 1.54) is 0 Å². The van der Waals surface area contributed by atoms with Crippen LogP contribution in [-0.2, 0) is 4.74 Å². The van der Waals surface area contributed by atoms with Crippen molar-refractivity contribution in [3.63, 3.8) is 0 Å². The molecule has 0 aliphatic heterocycles. The van der Waals surface area contributed by atoms with E-state index in [1.54, 1.807) is 18.4 Å². The van der Waals surface area contributed by atoms with Gasteiger partial charge in [-0.3, -0.25) is 0 Å². The molecule has 3 nitrogen and oxygen atoms in total. The van der Waals surface area contributed by atoms with Gasteiger partial charge in [0.1, 0.15) is 0 Å². The summed E-state index contributed by atoms with van der Waals surface area (Å²) in [6.07, 6.45) is 0.965. The number of anilines is 1. The molecule has 1 aromatic carbocycles. The summed E-state index contributed by atoms with van der Waals surface area (Å²) in [7, 11) is 1.71. The molecule has 1 N–H and O–H groups in total. The van der Waals surface area contributed by atoms with Crippen LogP contribution in [0.15, 0.2) is 18.2 Å². The Morgan fingerprint density at radius 3 is 3.12 bits per heavy atom. The van der Waals surface area contributed by atoms with Gasteiger partial charge in [-0.15, -0.1) is 0 Å². The second kappa shape index (κ2) is 5.67. The van der Waals surface area contributed by atoms with E-state index >= 15 is 0 Å². The molecule has 1 atom stereocenters. The minimum absolute atomic E-state index is 0.353. The molecule has 0 aliphatic carbocycles. The molecule has 0 radical (unpaired) electrons. The van der Waals surface area contributed by atoms with Gasteiger partial charge in [-0.05, 0) is 31.5 Å². The summed E-state index contributed by atoms with van der Waals surface area (Å²) < 4.78 is 6.16. The van der Waals surface area contributed by atoms with E-state index in [9.17, 15) is 0 Å². The minimum Gasteiger partial charge on any atom is -0.385 e. The Balaban J connectivity index is 2.08. The molecule has 2 rings (SSSR count). The average molecular weight is 271 g/mol. The van der Waals surface area contributed by atoms with E-state index in [4.69, 9.17) is 16.3 Å². The normalized spacial score (nSPS) is 12.9. The highest BCUT2D eigenvalue weighted by molar-refractivity contribution is 7.22. The van der Waals surface area contributed by atoms with Crippen LogP contribution >= 0.6 is 22.9 Å². The Labute approximate surface area is 110 Å². The van der Waals surface area contributed by atoms with Crippen molar-refractivity contribution in [1.29, 1.82) is 0 Å². The molecular weight excluding hydrogens is 256 g/mol. The lowest BCUT2D eigenvalue weighted by molar-refractivity contribution is 0.191. The molecule has 0 amide bonds. The lowest BCUT2D eigenvalue weighted by atomic mass is 10.2. The zero-order chi connectivity index (χ0) is 12.3. The lowest BCUT2D eigenvalue weighted by Gasteiger charge is -2.11. The number of hydrogen-bond acceptors (Lipinski definition) is 4. The minimum atomic E-state index is 0.353. The van der Waals surface area contributed by atoms with Gasteiger partial charge in [0.15, 0.2) is 5.13 Å². The fourth-order valence-corrected chi connectivity index (χ4v) is 2.79. The SMILES string of the molecule is COCCC(C)Nc1nc2ccc(Cl)cc2s1. The average Bonchev–Trinajstić information content (AvgIpc) is 2.67.